The standard InChI is InChI=1S/C20H26O6/c1-10(2)7-13-11(3)18(23)20(9-19(13,5)6)24-8-14(26-20)17-16(22)15(21)12(4)25-17/h7,14,17,21-22H,4,8-9H2,1-3,5-6H3/t14?,17-,20?/m1/s1. The maximum Gasteiger partial charge on any atom is 0.234 e. The molecule has 1 fully saturated rings. The molecule has 3 rings (SSSR count). The first kappa shape index (κ1) is 18.7. The van der Waals surface area contributed by atoms with Crippen LogP contribution < -0.4 is 0 Å². The molecule has 2 aliphatic heterocycles. The summed E-state index contributed by atoms with van der Waals surface area (Å²) in [5.41, 5.74) is 2.38. The van der Waals surface area contributed by atoms with Gasteiger partial charge in [-0.1, -0.05) is 32.1 Å². The van der Waals surface area contributed by atoms with Crippen molar-refractivity contribution in [3.63, 3.8) is 0 Å². The lowest BCUT2D eigenvalue weighted by atomic mass is 9.69. The van der Waals surface area contributed by atoms with Crippen molar-refractivity contribution < 1.29 is 29.2 Å². The van der Waals surface area contributed by atoms with Crippen molar-refractivity contribution in [1.82, 2.24) is 0 Å². The third-order valence-corrected chi connectivity index (χ3v) is 5.13. The monoisotopic (exact) mass is 362 g/mol. The number of ketones is 1. The zero-order valence-corrected chi connectivity index (χ0v) is 15.9. The van der Waals surface area contributed by atoms with Crippen LogP contribution in [0.5, 0.6) is 0 Å². The molecule has 1 spiro atoms. The van der Waals surface area contributed by atoms with Gasteiger partial charge in [-0.3, -0.25) is 4.79 Å². The van der Waals surface area contributed by atoms with E-state index in [1.165, 1.54) is 0 Å². The van der Waals surface area contributed by atoms with E-state index in [0.29, 0.717) is 12.0 Å². The molecule has 0 amide bonds. The highest BCUT2D eigenvalue weighted by molar-refractivity contribution is 6.03. The Morgan fingerprint density at radius 2 is 1.96 bits per heavy atom. The van der Waals surface area contributed by atoms with Gasteiger partial charge in [-0.05, 0) is 31.8 Å². The number of ether oxygens (including phenoxy) is 3. The number of carbonyl (C=O) groups excluding carboxylic acids is 1. The summed E-state index contributed by atoms with van der Waals surface area (Å²) in [5, 5.41) is 19.8. The first-order chi connectivity index (χ1) is 12.0. The second kappa shape index (κ2) is 5.99. The van der Waals surface area contributed by atoms with Gasteiger partial charge in [0.1, 0.15) is 6.10 Å². The summed E-state index contributed by atoms with van der Waals surface area (Å²) in [7, 11) is 0. The largest absolute Gasteiger partial charge is 0.505 e. The second-order valence-electron chi connectivity index (χ2n) is 8.07. The predicted molar refractivity (Wildman–Crippen MR) is 95.4 cm³/mol. The minimum Gasteiger partial charge on any atom is -0.505 e. The van der Waals surface area contributed by atoms with Crippen LogP contribution in [0.1, 0.15) is 41.0 Å². The Labute approximate surface area is 153 Å². The normalized spacial score (nSPS) is 33.9. The number of hydrogen-bond acceptors (Lipinski definition) is 6. The fraction of sp³-hybridized carbons (Fsp3) is 0.550. The number of aliphatic hydroxyl groups excluding tert-OH is 2. The lowest BCUT2D eigenvalue weighted by Gasteiger charge is -2.41. The van der Waals surface area contributed by atoms with Crippen LogP contribution in [0.4, 0.5) is 0 Å². The van der Waals surface area contributed by atoms with E-state index in [0.717, 1.165) is 11.1 Å². The van der Waals surface area contributed by atoms with Crippen LogP contribution in [0, 0.1) is 5.41 Å². The van der Waals surface area contributed by atoms with E-state index in [4.69, 9.17) is 14.2 Å². The van der Waals surface area contributed by atoms with Crippen molar-refractivity contribution >= 4 is 5.78 Å². The molecule has 2 unspecified atom stereocenters. The van der Waals surface area contributed by atoms with E-state index < -0.39 is 23.8 Å². The Balaban J connectivity index is 1.92. The molecule has 6 nitrogen and oxygen atoms in total. The molecule has 0 aromatic rings. The van der Waals surface area contributed by atoms with Gasteiger partial charge in [0.15, 0.2) is 23.4 Å². The molecule has 0 saturated carbocycles. The van der Waals surface area contributed by atoms with E-state index in [9.17, 15) is 15.0 Å². The summed E-state index contributed by atoms with van der Waals surface area (Å²) in [6, 6.07) is 0. The highest BCUT2D eigenvalue weighted by atomic mass is 16.8. The van der Waals surface area contributed by atoms with Gasteiger partial charge in [0.2, 0.25) is 11.6 Å². The number of hydrogen-bond donors (Lipinski definition) is 2. The predicted octanol–water partition coefficient (Wildman–Crippen LogP) is 3.62. The molecule has 0 aromatic carbocycles. The van der Waals surface area contributed by atoms with E-state index >= 15 is 0 Å². The maximum absolute atomic E-state index is 13.1. The Morgan fingerprint density at radius 3 is 2.50 bits per heavy atom. The number of allylic oxidation sites excluding steroid dienone is 3. The zero-order valence-electron chi connectivity index (χ0n) is 15.9. The molecule has 142 valence electrons. The van der Waals surface area contributed by atoms with Gasteiger partial charge in [0.05, 0.1) is 6.61 Å². The highest BCUT2D eigenvalue weighted by Crippen LogP contribution is 2.49. The lowest BCUT2D eigenvalue weighted by Crippen LogP contribution is -2.49. The van der Waals surface area contributed by atoms with Crippen LogP contribution in [0.2, 0.25) is 0 Å². The Hall–Kier alpha value is -2.05. The molecule has 0 radical (unpaired) electrons. The van der Waals surface area contributed by atoms with Crippen LogP contribution in [-0.4, -0.2) is 40.6 Å². The SMILES string of the molecule is C=C1O[C@H](C2COC3(CC(C)(C)C(C=C(C)C)=C(C)C3=O)O2)C(O)=C1O. The smallest absolute Gasteiger partial charge is 0.234 e. The number of aliphatic hydroxyl groups is 2. The molecular formula is C20H26O6. The second-order valence-corrected chi connectivity index (χ2v) is 8.07. The van der Waals surface area contributed by atoms with Gasteiger partial charge < -0.3 is 24.4 Å². The van der Waals surface area contributed by atoms with Gasteiger partial charge in [0.25, 0.3) is 0 Å². The average molecular weight is 362 g/mol. The number of rotatable bonds is 2. The molecule has 26 heavy (non-hydrogen) atoms. The average Bonchev–Trinajstić information content (AvgIpc) is 3.07. The Kier molecular flexibility index (Phi) is 4.32. The summed E-state index contributed by atoms with van der Waals surface area (Å²) in [5.74, 6) is -2.37. The molecule has 0 aromatic heterocycles. The number of carbonyl (C=O) groups is 1. The van der Waals surface area contributed by atoms with E-state index in [-0.39, 0.29) is 29.3 Å². The summed E-state index contributed by atoms with van der Waals surface area (Å²) in [6.07, 6.45) is 0.745. The maximum atomic E-state index is 13.1. The van der Waals surface area contributed by atoms with Gasteiger partial charge in [-0.25, -0.2) is 0 Å². The minimum atomic E-state index is -1.40. The fourth-order valence-corrected chi connectivity index (χ4v) is 3.95. The first-order valence-electron chi connectivity index (χ1n) is 8.69. The van der Waals surface area contributed by atoms with E-state index in [1.807, 2.05) is 19.9 Å². The number of Topliss-reactive ketones (excluding diaryl/α,β-unsaturated/α-hetero) is 1. The Bertz CT molecular complexity index is 765. The molecule has 1 aliphatic carbocycles. The van der Waals surface area contributed by atoms with Crippen molar-refractivity contribution in [2.45, 2.75) is 59.0 Å². The highest BCUT2D eigenvalue weighted by Gasteiger charge is 2.57. The van der Waals surface area contributed by atoms with Gasteiger partial charge in [-0.2, -0.15) is 0 Å². The van der Waals surface area contributed by atoms with E-state index in [2.05, 4.69) is 20.4 Å². The summed E-state index contributed by atoms with van der Waals surface area (Å²) in [6.45, 7) is 13.5. The molecule has 2 heterocycles. The van der Waals surface area contributed by atoms with Gasteiger partial charge in [0, 0.05) is 12.0 Å². The van der Waals surface area contributed by atoms with Crippen molar-refractivity contribution in [3.8, 4) is 0 Å². The molecule has 6 heteroatoms. The fourth-order valence-electron chi connectivity index (χ4n) is 3.95. The van der Waals surface area contributed by atoms with Crippen LogP contribution in [0.15, 0.2) is 46.7 Å². The molecule has 3 atom stereocenters. The summed E-state index contributed by atoms with van der Waals surface area (Å²) >= 11 is 0. The Morgan fingerprint density at radius 1 is 1.31 bits per heavy atom. The summed E-state index contributed by atoms with van der Waals surface area (Å²) < 4.78 is 17.2. The first-order valence-corrected chi connectivity index (χ1v) is 8.69. The quantitative estimate of drug-likeness (QED) is 0.780. The van der Waals surface area contributed by atoms with Gasteiger partial charge >= 0.3 is 0 Å². The summed E-state index contributed by atoms with van der Waals surface area (Å²) in [4.78, 5) is 13.1. The third kappa shape index (κ3) is 2.77. The molecule has 1 saturated heterocycles. The molecular weight excluding hydrogens is 336 g/mol. The zero-order chi connectivity index (χ0) is 19.4. The molecule has 2 N–H and O–H groups in total. The van der Waals surface area contributed by atoms with Gasteiger partial charge in [-0.15, -0.1) is 0 Å². The van der Waals surface area contributed by atoms with Crippen LogP contribution in [0.25, 0.3) is 0 Å². The molecule has 3 aliphatic rings. The lowest BCUT2D eigenvalue weighted by molar-refractivity contribution is -0.198. The van der Waals surface area contributed by atoms with Crippen molar-refractivity contribution in [2.75, 3.05) is 6.61 Å². The van der Waals surface area contributed by atoms with Crippen LogP contribution in [-0.2, 0) is 19.0 Å². The van der Waals surface area contributed by atoms with Crippen molar-refractivity contribution in [3.05, 3.63) is 46.7 Å². The van der Waals surface area contributed by atoms with Crippen molar-refractivity contribution in [2.24, 2.45) is 5.41 Å². The molecule has 0 bridgehead atoms. The third-order valence-electron chi connectivity index (χ3n) is 5.13. The topological polar surface area (TPSA) is 85.2 Å². The van der Waals surface area contributed by atoms with E-state index in [1.54, 1.807) is 6.92 Å². The van der Waals surface area contributed by atoms with Crippen LogP contribution in [0.3, 0.4) is 0 Å². The minimum absolute atomic E-state index is 0.0192. The van der Waals surface area contributed by atoms with Crippen LogP contribution >= 0.6 is 0 Å². The van der Waals surface area contributed by atoms with Crippen molar-refractivity contribution in [1.29, 1.82) is 0 Å².